The van der Waals surface area contributed by atoms with Gasteiger partial charge in [0.2, 0.25) is 10.0 Å². The molecular formula is C22H20N2O5S. The fraction of sp³-hybridized carbons (Fsp3) is 0.182. The number of hydrogen-bond donors (Lipinski definition) is 2. The topological polar surface area (TPSA) is 109 Å². The van der Waals surface area contributed by atoms with Gasteiger partial charge in [-0.15, -0.1) is 0 Å². The maximum absolute atomic E-state index is 12.9. The van der Waals surface area contributed by atoms with E-state index in [1.165, 1.54) is 12.1 Å². The molecule has 2 aromatic heterocycles. The predicted molar refractivity (Wildman–Crippen MR) is 113 cm³/mol. The molecule has 0 bridgehead atoms. The van der Waals surface area contributed by atoms with Crippen molar-refractivity contribution in [1.82, 2.24) is 9.71 Å². The van der Waals surface area contributed by atoms with Gasteiger partial charge in [0.05, 0.1) is 4.90 Å². The van der Waals surface area contributed by atoms with E-state index in [9.17, 15) is 18.3 Å². The molecule has 30 heavy (non-hydrogen) atoms. The van der Waals surface area contributed by atoms with Crippen LogP contribution in [0.3, 0.4) is 0 Å². The monoisotopic (exact) mass is 424 g/mol. The summed E-state index contributed by atoms with van der Waals surface area (Å²) in [6, 6.07) is 14.4. The van der Waals surface area contributed by atoms with Gasteiger partial charge in [0.1, 0.15) is 17.2 Å². The van der Waals surface area contributed by atoms with Gasteiger partial charge in [-0.2, -0.15) is 4.72 Å². The third-order valence-electron chi connectivity index (χ3n) is 4.94. The van der Waals surface area contributed by atoms with Crippen molar-refractivity contribution in [3.8, 4) is 0 Å². The van der Waals surface area contributed by atoms with Gasteiger partial charge in [-0.05, 0) is 55.2 Å². The van der Waals surface area contributed by atoms with Crippen LogP contribution < -0.4 is 4.72 Å². The summed E-state index contributed by atoms with van der Waals surface area (Å²) in [4.78, 5) is 15.7. The summed E-state index contributed by atoms with van der Waals surface area (Å²) in [6.45, 7) is 0. The van der Waals surface area contributed by atoms with Gasteiger partial charge < -0.3 is 9.52 Å². The number of furan rings is 1. The molecule has 0 aliphatic heterocycles. The minimum absolute atomic E-state index is 0.0000578. The van der Waals surface area contributed by atoms with E-state index in [2.05, 4.69) is 9.71 Å². The van der Waals surface area contributed by atoms with Gasteiger partial charge in [-0.1, -0.05) is 24.3 Å². The van der Waals surface area contributed by atoms with Crippen molar-refractivity contribution in [2.45, 2.75) is 30.2 Å². The molecule has 0 saturated heterocycles. The minimum Gasteiger partial charge on any atom is -0.480 e. The molecule has 2 N–H and O–H groups in total. The molecule has 8 heteroatoms. The molecule has 0 fully saturated rings. The summed E-state index contributed by atoms with van der Waals surface area (Å²) < 4.78 is 33.8. The van der Waals surface area contributed by atoms with Crippen LogP contribution in [-0.4, -0.2) is 30.5 Å². The van der Waals surface area contributed by atoms with E-state index in [1.807, 2.05) is 36.4 Å². The molecule has 0 spiro atoms. The van der Waals surface area contributed by atoms with Crippen molar-refractivity contribution >= 4 is 37.9 Å². The van der Waals surface area contributed by atoms with E-state index in [4.69, 9.17) is 4.42 Å². The van der Waals surface area contributed by atoms with Crippen LogP contribution in [0, 0.1) is 0 Å². The number of pyridine rings is 1. The Bertz CT molecular complexity index is 1300. The van der Waals surface area contributed by atoms with Crippen LogP contribution in [0.2, 0.25) is 0 Å². The van der Waals surface area contributed by atoms with Crippen molar-refractivity contribution in [1.29, 1.82) is 0 Å². The molecule has 4 aromatic rings. The summed E-state index contributed by atoms with van der Waals surface area (Å²) in [5.74, 6) is -1.21. The SMILES string of the molecule is O=C(O)C(CCCc1cccnc1)NS(=O)(=O)c1ccc2oc3ccccc3c2c1. The second kappa shape index (κ2) is 8.25. The predicted octanol–water partition coefficient (Wildman–Crippen LogP) is 3.74. The number of carboxylic acids is 1. The van der Waals surface area contributed by atoms with E-state index in [0.717, 1.165) is 10.9 Å². The largest absolute Gasteiger partial charge is 0.480 e. The number of sulfonamides is 1. The average molecular weight is 424 g/mol. The first-order chi connectivity index (χ1) is 14.4. The van der Waals surface area contributed by atoms with E-state index in [0.29, 0.717) is 29.4 Å². The molecule has 7 nitrogen and oxygen atoms in total. The molecular weight excluding hydrogens is 404 g/mol. The zero-order chi connectivity index (χ0) is 21.1. The highest BCUT2D eigenvalue weighted by atomic mass is 32.2. The lowest BCUT2D eigenvalue weighted by atomic mass is 10.1. The number of aryl methyl sites for hydroxylation is 1. The second-order valence-corrected chi connectivity index (χ2v) is 8.74. The van der Waals surface area contributed by atoms with Gasteiger partial charge in [-0.3, -0.25) is 9.78 Å². The van der Waals surface area contributed by atoms with E-state index < -0.39 is 22.0 Å². The number of aromatic nitrogens is 1. The van der Waals surface area contributed by atoms with Crippen LogP contribution in [0.5, 0.6) is 0 Å². The number of nitrogens with one attached hydrogen (secondary N) is 1. The Labute approximate surface area is 173 Å². The van der Waals surface area contributed by atoms with Crippen LogP contribution >= 0.6 is 0 Å². The number of aliphatic carboxylic acids is 1. The van der Waals surface area contributed by atoms with Crippen LogP contribution in [0.15, 0.2) is 76.3 Å². The maximum Gasteiger partial charge on any atom is 0.321 e. The van der Waals surface area contributed by atoms with Gasteiger partial charge in [0.15, 0.2) is 0 Å². The zero-order valence-corrected chi connectivity index (χ0v) is 16.8. The first-order valence-electron chi connectivity index (χ1n) is 9.49. The third kappa shape index (κ3) is 4.19. The summed E-state index contributed by atoms with van der Waals surface area (Å²) in [5, 5.41) is 11.0. The Hall–Kier alpha value is -3.23. The number of hydrogen-bond acceptors (Lipinski definition) is 5. The molecule has 0 amide bonds. The molecule has 0 saturated carbocycles. The van der Waals surface area contributed by atoms with E-state index >= 15 is 0 Å². The summed E-state index contributed by atoms with van der Waals surface area (Å²) in [6.07, 6.45) is 4.67. The standard InChI is InChI=1S/C22H20N2O5S/c25-22(26)19(8-3-5-15-6-4-12-23-14-15)24-30(27,28)16-10-11-21-18(13-16)17-7-1-2-9-20(17)29-21/h1-2,4,6-7,9-14,19,24H,3,5,8H2,(H,25,26). The normalized spacial score (nSPS) is 12.9. The lowest BCUT2D eigenvalue weighted by Gasteiger charge is -2.15. The smallest absolute Gasteiger partial charge is 0.321 e. The number of benzene rings is 2. The van der Waals surface area contributed by atoms with E-state index in [-0.39, 0.29) is 11.3 Å². The summed E-state index contributed by atoms with van der Waals surface area (Å²) >= 11 is 0. The Morgan fingerprint density at radius 2 is 1.87 bits per heavy atom. The number of carboxylic acid groups (broad SMARTS) is 1. The highest BCUT2D eigenvalue weighted by Gasteiger charge is 2.25. The Kier molecular flexibility index (Phi) is 5.52. The molecule has 1 atom stereocenters. The highest BCUT2D eigenvalue weighted by Crippen LogP contribution is 2.30. The molecule has 4 rings (SSSR count). The lowest BCUT2D eigenvalue weighted by Crippen LogP contribution is -2.40. The summed E-state index contributed by atoms with van der Waals surface area (Å²) in [5.41, 5.74) is 2.21. The molecule has 2 heterocycles. The number of nitrogens with zero attached hydrogens (tertiary/aromatic N) is 1. The number of rotatable bonds is 8. The lowest BCUT2D eigenvalue weighted by molar-refractivity contribution is -0.139. The molecule has 1 unspecified atom stereocenters. The van der Waals surface area contributed by atoms with Crippen molar-refractivity contribution in [3.63, 3.8) is 0 Å². The molecule has 0 aliphatic rings. The number of para-hydroxylation sites is 1. The van der Waals surface area contributed by atoms with Gasteiger partial charge in [-0.25, -0.2) is 8.42 Å². The Morgan fingerprint density at radius 3 is 2.63 bits per heavy atom. The maximum atomic E-state index is 12.9. The highest BCUT2D eigenvalue weighted by molar-refractivity contribution is 7.89. The van der Waals surface area contributed by atoms with Gasteiger partial charge in [0.25, 0.3) is 0 Å². The van der Waals surface area contributed by atoms with Crippen LogP contribution in [0.1, 0.15) is 18.4 Å². The minimum atomic E-state index is -4.02. The molecule has 2 aromatic carbocycles. The quantitative estimate of drug-likeness (QED) is 0.446. The zero-order valence-electron chi connectivity index (χ0n) is 16.0. The van der Waals surface area contributed by atoms with Crippen LogP contribution in [-0.2, 0) is 21.2 Å². The van der Waals surface area contributed by atoms with Crippen LogP contribution in [0.4, 0.5) is 0 Å². The van der Waals surface area contributed by atoms with Gasteiger partial charge >= 0.3 is 5.97 Å². The fourth-order valence-corrected chi connectivity index (χ4v) is 4.67. The van der Waals surface area contributed by atoms with Crippen molar-refractivity contribution in [2.75, 3.05) is 0 Å². The Balaban J connectivity index is 1.53. The first kappa shape index (κ1) is 20.1. The number of fused-ring (bicyclic) bond motifs is 3. The van der Waals surface area contributed by atoms with Crippen LogP contribution in [0.25, 0.3) is 21.9 Å². The molecule has 154 valence electrons. The molecule has 0 aliphatic carbocycles. The third-order valence-corrected chi connectivity index (χ3v) is 6.40. The van der Waals surface area contributed by atoms with Crippen molar-refractivity contribution in [2.24, 2.45) is 0 Å². The van der Waals surface area contributed by atoms with Gasteiger partial charge in [0, 0.05) is 23.2 Å². The van der Waals surface area contributed by atoms with Crippen molar-refractivity contribution in [3.05, 3.63) is 72.6 Å². The second-order valence-electron chi connectivity index (χ2n) is 7.02. The summed E-state index contributed by atoms with van der Waals surface area (Å²) in [7, 11) is -4.02. The average Bonchev–Trinajstić information content (AvgIpc) is 3.11. The van der Waals surface area contributed by atoms with Crippen molar-refractivity contribution < 1.29 is 22.7 Å². The Morgan fingerprint density at radius 1 is 1.07 bits per heavy atom. The van der Waals surface area contributed by atoms with E-state index in [1.54, 1.807) is 18.5 Å². The molecule has 0 radical (unpaired) electrons. The first-order valence-corrected chi connectivity index (χ1v) is 11.0. The fourth-order valence-electron chi connectivity index (χ4n) is 3.42. The number of carbonyl (C=O) groups is 1.